The molecule has 0 spiro atoms. The van der Waals surface area contributed by atoms with Crippen LogP contribution in [0.1, 0.15) is 32.3 Å². The van der Waals surface area contributed by atoms with Gasteiger partial charge in [-0.2, -0.15) is 0 Å². The molecule has 2 atom stereocenters. The minimum absolute atomic E-state index is 0.00448. The van der Waals surface area contributed by atoms with E-state index in [0.29, 0.717) is 11.8 Å². The van der Waals surface area contributed by atoms with Gasteiger partial charge in [0.1, 0.15) is 6.21 Å². The molecule has 29 heavy (non-hydrogen) atoms. The molecule has 3 N–H and O–H groups in total. The summed E-state index contributed by atoms with van der Waals surface area (Å²) in [7, 11) is 0. The van der Waals surface area contributed by atoms with Crippen LogP contribution in [0.5, 0.6) is 0 Å². The largest absolute Gasteiger partial charge is 0.395 e. The number of aliphatic hydroxyl groups is 1. The number of nitrogens with one attached hydrogen (secondary N) is 2. The molecule has 1 saturated heterocycles. The molecular formula is C20H24N7O2+. The van der Waals surface area contributed by atoms with Crippen LogP contribution in [0, 0.1) is 0 Å². The van der Waals surface area contributed by atoms with Crippen LogP contribution in [0.2, 0.25) is 0 Å². The lowest BCUT2D eigenvalue weighted by Gasteiger charge is -2.35. The summed E-state index contributed by atoms with van der Waals surface area (Å²) in [6.45, 7) is 4.73. The summed E-state index contributed by atoms with van der Waals surface area (Å²) < 4.78 is 0.0891. The Bertz CT molecular complexity index is 1010. The number of hydrogen-bond acceptors (Lipinski definition) is 7. The maximum Gasteiger partial charge on any atom is 0.301 e. The van der Waals surface area contributed by atoms with Crippen molar-refractivity contribution < 1.29 is 14.6 Å². The van der Waals surface area contributed by atoms with Gasteiger partial charge in [-0.3, -0.25) is 9.79 Å². The highest BCUT2D eigenvalue weighted by atomic mass is 16.3. The quantitative estimate of drug-likeness (QED) is 0.680. The lowest BCUT2D eigenvalue weighted by molar-refractivity contribution is -0.920. The molecule has 1 aromatic carbocycles. The molecule has 4 aliphatic heterocycles. The molecule has 0 saturated carbocycles. The van der Waals surface area contributed by atoms with Crippen molar-refractivity contribution in [1.82, 2.24) is 5.01 Å². The third-order valence-corrected chi connectivity index (χ3v) is 6.07. The molecule has 9 nitrogen and oxygen atoms in total. The molecule has 0 aromatic heterocycles. The van der Waals surface area contributed by atoms with E-state index in [-0.39, 0.29) is 23.3 Å². The van der Waals surface area contributed by atoms with Crippen molar-refractivity contribution in [3.8, 4) is 0 Å². The number of carbonyl (C=O) groups excluding carboxylic acids is 1. The van der Waals surface area contributed by atoms with Crippen molar-refractivity contribution in [2.24, 2.45) is 15.1 Å². The van der Waals surface area contributed by atoms with Gasteiger partial charge in [-0.1, -0.05) is 6.07 Å². The molecule has 9 heteroatoms. The average molecular weight is 394 g/mol. The van der Waals surface area contributed by atoms with Gasteiger partial charge in [-0.15, -0.1) is 10.0 Å². The van der Waals surface area contributed by atoms with E-state index in [1.165, 1.54) is 0 Å². The molecule has 5 rings (SSSR count). The number of aliphatic imine (C=N–C) groups is 2. The number of benzene rings is 1. The summed E-state index contributed by atoms with van der Waals surface area (Å²) in [5.74, 6) is 1.14. The van der Waals surface area contributed by atoms with Gasteiger partial charge in [0.25, 0.3) is 5.96 Å². The maximum atomic E-state index is 12.2. The van der Waals surface area contributed by atoms with Crippen molar-refractivity contribution in [2.45, 2.75) is 38.1 Å². The first-order valence-corrected chi connectivity index (χ1v) is 9.84. The summed E-state index contributed by atoms with van der Waals surface area (Å²) in [5, 5.41) is 23.0. The first-order valence-electron chi connectivity index (χ1n) is 9.84. The number of amidine groups is 1. The lowest BCUT2D eigenvalue weighted by Crippen LogP contribution is -2.58. The second-order valence-electron chi connectivity index (χ2n) is 8.23. The van der Waals surface area contributed by atoms with E-state index >= 15 is 0 Å². The molecule has 1 aromatic rings. The SMILES string of the molecule is CC1(C)C(=O)Nc2cc(NC3=N[N+]4(N5CCC[C@H]5CO)C=CN=CC4=N3)ccc21. The predicted octanol–water partition coefficient (Wildman–Crippen LogP) is 1.76. The number of nitrogens with zero attached hydrogens (tertiary/aromatic N) is 5. The predicted molar refractivity (Wildman–Crippen MR) is 111 cm³/mol. The maximum absolute atomic E-state index is 12.2. The zero-order valence-electron chi connectivity index (χ0n) is 16.5. The van der Waals surface area contributed by atoms with E-state index in [0.717, 1.165) is 36.3 Å². The molecule has 0 aliphatic carbocycles. The topological polar surface area (TPSA) is 102 Å². The summed E-state index contributed by atoms with van der Waals surface area (Å²) in [4.78, 5) is 21.1. The second kappa shape index (κ2) is 6.31. The van der Waals surface area contributed by atoms with E-state index in [2.05, 4.69) is 25.6 Å². The van der Waals surface area contributed by atoms with Crippen LogP contribution in [-0.2, 0) is 10.2 Å². The zero-order chi connectivity index (χ0) is 20.2. The fourth-order valence-electron chi connectivity index (χ4n) is 4.40. The van der Waals surface area contributed by atoms with Gasteiger partial charge >= 0.3 is 5.84 Å². The van der Waals surface area contributed by atoms with Crippen LogP contribution in [-0.4, -0.2) is 57.9 Å². The number of aliphatic hydroxyl groups excluding tert-OH is 1. The molecule has 1 amide bonds. The van der Waals surface area contributed by atoms with Gasteiger partial charge in [0.15, 0.2) is 6.20 Å². The number of carbonyl (C=O) groups is 1. The smallest absolute Gasteiger partial charge is 0.301 e. The standard InChI is InChI=1S/C20H23N7O2/c1-20(2)15-6-5-13(10-16(15)23-18(20)29)22-19-24-17-11-21-7-9-27(17,25-19)26-8-3-4-14(26)12-28/h5-7,9-11,14,28H,3-4,8,12H2,1-2H3,(H-,22,23,25,29)/p+1/t14-,27?/m0/s1. The fourth-order valence-corrected chi connectivity index (χ4v) is 4.40. The normalized spacial score (nSPS) is 29.3. The number of rotatable bonds is 3. The lowest BCUT2D eigenvalue weighted by atomic mass is 9.86. The van der Waals surface area contributed by atoms with Crippen molar-refractivity contribution >= 4 is 35.3 Å². The van der Waals surface area contributed by atoms with Gasteiger partial charge < -0.3 is 15.7 Å². The molecule has 4 heterocycles. The molecular weight excluding hydrogens is 370 g/mol. The summed E-state index contributed by atoms with van der Waals surface area (Å²) in [6, 6.07) is 5.82. The van der Waals surface area contributed by atoms with Gasteiger partial charge in [-0.05, 0) is 54.2 Å². The fraction of sp³-hybridized carbons (Fsp3) is 0.400. The first-order chi connectivity index (χ1) is 13.9. The van der Waals surface area contributed by atoms with E-state index in [1.807, 2.05) is 38.2 Å². The van der Waals surface area contributed by atoms with Crippen molar-refractivity contribution in [2.75, 3.05) is 23.8 Å². The van der Waals surface area contributed by atoms with E-state index in [9.17, 15) is 9.90 Å². The Labute approximate surface area is 168 Å². The van der Waals surface area contributed by atoms with Crippen LogP contribution in [0.15, 0.2) is 45.7 Å². The minimum atomic E-state index is -0.537. The van der Waals surface area contributed by atoms with Crippen LogP contribution in [0.3, 0.4) is 0 Å². The first kappa shape index (κ1) is 18.2. The number of fused-ring (bicyclic) bond motifs is 2. The molecule has 150 valence electrons. The third-order valence-electron chi connectivity index (χ3n) is 6.07. The van der Waals surface area contributed by atoms with E-state index in [1.54, 1.807) is 12.4 Å². The number of hydrogen-bond donors (Lipinski definition) is 3. The van der Waals surface area contributed by atoms with Crippen molar-refractivity contribution in [3.05, 3.63) is 36.2 Å². The minimum Gasteiger partial charge on any atom is -0.395 e. The monoisotopic (exact) mass is 394 g/mol. The summed E-state index contributed by atoms with van der Waals surface area (Å²) in [5.41, 5.74) is 2.04. The average Bonchev–Trinajstić information content (AvgIpc) is 3.37. The van der Waals surface area contributed by atoms with Crippen molar-refractivity contribution in [3.63, 3.8) is 0 Å². The molecule has 1 fully saturated rings. The summed E-state index contributed by atoms with van der Waals surface area (Å²) in [6.07, 6.45) is 7.23. The van der Waals surface area contributed by atoms with Crippen LogP contribution in [0.25, 0.3) is 0 Å². The highest BCUT2D eigenvalue weighted by Crippen LogP contribution is 2.39. The number of anilines is 2. The Morgan fingerprint density at radius 2 is 2.28 bits per heavy atom. The highest BCUT2D eigenvalue weighted by molar-refractivity contribution is 6.30. The number of quaternary nitrogens is 1. The Balaban J connectivity index is 1.46. The van der Waals surface area contributed by atoms with Crippen LogP contribution < -0.4 is 10.6 Å². The second-order valence-corrected chi connectivity index (χ2v) is 8.23. The Morgan fingerprint density at radius 1 is 1.41 bits per heavy atom. The Morgan fingerprint density at radius 3 is 3.10 bits per heavy atom. The van der Waals surface area contributed by atoms with Crippen LogP contribution >= 0.6 is 0 Å². The number of guanidine groups is 1. The van der Waals surface area contributed by atoms with Crippen molar-refractivity contribution in [1.29, 1.82) is 0 Å². The highest BCUT2D eigenvalue weighted by Gasteiger charge is 2.51. The molecule has 1 unspecified atom stereocenters. The Hall–Kier alpha value is -2.88. The zero-order valence-corrected chi connectivity index (χ0v) is 16.5. The van der Waals surface area contributed by atoms with Gasteiger partial charge in [-0.25, -0.2) is 0 Å². The number of amides is 1. The van der Waals surface area contributed by atoms with Gasteiger partial charge in [0, 0.05) is 11.4 Å². The molecule has 4 aliphatic rings. The van der Waals surface area contributed by atoms with Crippen LogP contribution in [0.4, 0.5) is 11.4 Å². The summed E-state index contributed by atoms with van der Waals surface area (Å²) >= 11 is 0. The van der Waals surface area contributed by atoms with E-state index in [4.69, 9.17) is 5.10 Å². The van der Waals surface area contributed by atoms with Gasteiger partial charge in [0.05, 0.1) is 30.8 Å². The third kappa shape index (κ3) is 2.65. The Kier molecular flexibility index (Phi) is 3.95. The molecule has 0 radical (unpaired) electrons. The van der Waals surface area contributed by atoms with E-state index < -0.39 is 5.41 Å². The van der Waals surface area contributed by atoms with Gasteiger partial charge in [0.2, 0.25) is 5.91 Å². The molecule has 0 bridgehead atoms.